The maximum atomic E-state index is 13.2. The molecule has 0 aliphatic rings. The molecule has 0 aliphatic heterocycles. The molecule has 1 unspecified atom stereocenters. The summed E-state index contributed by atoms with van der Waals surface area (Å²) in [5, 5.41) is 5.92. The number of rotatable bonds is 5. The van der Waals surface area contributed by atoms with E-state index in [0.29, 0.717) is 0 Å². The molecule has 0 radical (unpaired) electrons. The first kappa shape index (κ1) is 17.0. The van der Waals surface area contributed by atoms with E-state index in [9.17, 15) is 4.39 Å². The van der Waals surface area contributed by atoms with Crippen LogP contribution in [0.5, 0.6) is 0 Å². The van der Waals surface area contributed by atoms with Gasteiger partial charge in [0.05, 0.1) is 6.19 Å². The van der Waals surface area contributed by atoms with Crippen molar-refractivity contribution in [3.63, 3.8) is 0 Å². The first-order chi connectivity index (χ1) is 11.6. The number of hydrogen-bond donors (Lipinski definition) is 1. The maximum Gasteiger partial charge on any atom is 0.123 e. The molecular weight excluding hydrogens is 336 g/mol. The van der Waals surface area contributed by atoms with Crippen LogP contribution in [-0.2, 0) is 11.8 Å². The molecule has 3 rings (SSSR count). The fourth-order valence-corrected chi connectivity index (χ4v) is 6.35. The lowest BCUT2D eigenvalue weighted by Gasteiger charge is -2.28. The summed E-state index contributed by atoms with van der Waals surface area (Å²) in [4.78, 5) is 0. The van der Waals surface area contributed by atoms with Crippen molar-refractivity contribution in [1.82, 2.24) is 5.09 Å². The fraction of sp³-hybridized carbons (Fsp3) is 0.100. The van der Waals surface area contributed by atoms with Crippen LogP contribution in [0, 0.1) is 5.82 Å². The predicted molar refractivity (Wildman–Crippen MR) is 104 cm³/mol. The smallest absolute Gasteiger partial charge is 0.123 e. The summed E-state index contributed by atoms with van der Waals surface area (Å²) in [7, 11) is 0. The van der Waals surface area contributed by atoms with Crippen molar-refractivity contribution in [3.8, 4) is 0 Å². The maximum absolute atomic E-state index is 13.2. The standard InChI is InChI=1S/C20H19FNPS/c1-16(17-12-14-18(21)15-13-17)22-23(24,19-8-4-2-5-9-19)20-10-6-3-7-11-20/h2-16H,1H3,(H,22,24). The molecule has 0 fully saturated rings. The third-order valence-corrected chi connectivity index (χ3v) is 8.37. The Morgan fingerprint density at radius 1 is 0.792 bits per heavy atom. The van der Waals surface area contributed by atoms with Crippen molar-refractivity contribution < 1.29 is 4.39 Å². The van der Waals surface area contributed by atoms with Gasteiger partial charge in [0.15, 0.2) is 0 Å². The van der Waals surface area contributed by atoms with Gasteiger partial charge >= 0.3 is 0 Å². The van der Waals surface area contributed by atoms with Gasteiger partial charge in [0.1, 0.15) is 5.82 Å². The third-order valence-electron chi connectivity index (χ3n) is 3.99. The first-order valence-electron chi connectivity index (χ1n) is 7.84. The summed E-state index contributed by atoms with van der Waals surface area (Å²) in [5.74, 6) is -0.225. The summed E-state index contributed by atoms with van der Waals surface area (Å²) < 4.78 is 13.2. The van der Waals surface area contributed by atoms with Crippen molar-refractivity contribution in [2.45, 2.75) is 13.0 Å². The van der Waals surface area contributed by atoms with Crippen LogP contribution in [0.25, 0.3) is 0 Å². The number of hydrogen-bond acceptors (Lipinski definition) is 1. The van der Waals surface area contributed by atoms with E-state index >= 15 is 0 Å². The van der Waals surface area contributed by atoms with Gasteiger partial charge in [0.2, 0.25) is 0 Å². The van der Waals surface area contributed by atoms with Crippen molar-refractivity contribution in [2.75, 3.05) is 0 Å². The SMILES string of the molecule is CC(NP(=S)(c1ccccc1)c1ccccc1)c1ccc(F)cc1. The van der Waals surface area contributed by atoms with E-state index in [-0.39, 0.29) is 11.9 Å². The highest BCUT2D eigenvalue weighted by Gasteiger charge is 2.24. The zero-order valence-electron chi connectivity index (χ0n) is 13.4. The van der Waals surface area contributed by atoms with Gasteiger partial charge < -0.3 is 0 Å². The van der Waals surface area contributed by atoms with Crippen molar-refractivity contribution in [2.24, 2.45) is 0 Å². The minimum atomic E-state index is -2.17. The predicted octanol–water partition coefficient (Wildman–Crippen LogP) is 4.52. The Morgan fingerprint density at radius 2 is 1.25 bits per heavy atom. The molecule has 122 valence electrons. The normalized spacial score (nSPS) is 12.8. The van der Waals surface area contributed by atoms with E-state index in [1.807, 2.05) is 48.5 Å². The van der Waals surface area contributed by atoms with Crippen LogP contribution in [0.1, 0.15) is 18.5 Å². The molecular formula is C20H19FNPS. The van der Waals surface area contributed by atoms with E-state index < -0.39 is 6.19 Å². The van der Waals surface area contributed by atoms with Crippen LogP contribution in [0.2, 0.25) is 0 Å². The molecule has 24 heavy (non-hydrogen) atoms. The average molecular weight is 355 g/mol. The van der Waals surface area contributed by atoms with Crippen molar-refractivity contribution in [3.05, 3.63) is 96.3 Å². The number of nitrogens with one attached hydrogen (secondary N) is 1. The molecule has 0 aliphatic carbocycles. The zero-order valence-corrected chi connectivity index (χ0v) is 15.1. The second-order valence-electron chi connectivity index (χ2n) is 5.68. The Labute approximate surface area is 147 Å². The number of halogens is 1. The van der Waals surface area contributed by atoms with E-state index in [2.05, 4.69) is 36.3 Å². The van der Waals surface area contributed by atoms with Crippen LogP contribution in [-0.4, -0.2) is 0 Å². The van der Waals surface area contributed by atoms with E-state index in [4.69, 9.17) is 11.8 Å². The molecule has 3 aromatic rings. The quantitative estimate of drug-likeness (QED) is 0.675. The molecule has 0 amide bonds. The zero-order chi connectivity index (χ0) is 17.0. The Kier molecular flexibility index (Phi) is 5.25. The molecule has 1 N–H and O–H groups in total. The Hall–Kier alpha value is -1.80. The van der Waals surface area contributed by atoms with Crippen LogP contribution < -0.4 is 15.7 Å². The average Bonchev–Trinajstić information content (AvgIpc) is 2.63. The lowest BCUT2D eigenvalue weighted by atomic mass is 10.1. The lowest BCUT2D eigenvalue weighted by Crippen LogP contribution is -2.29. The van der Waals surface area contributed by atoms with Crippen molar-refractivity contribution in [1.29, 1.82) is 0 Å². The van der Waals surface area contributed by atoms with Gasteiger partial charge in [-0.15, -0.1) is 0 Å². The van der Waals surface area contributed by atoms with Crippen LogP contribution >= 0.6 is 6.19 Å². The van der Waals surface area contributed by atoms with Gasteiger partial charge in [0.25, 0.3) is 0 Å². The Morgan fingerprint density at radius 3 is 1.71 bits per heavy atom. The Bertz CT molecular complexity index is 791. The summed E-state index contributed by atoms with van der Waals surface area (Å²) >= 11 is 6.16. The second-order valence-corrected chi connectivity index (χ2v) is 9.84. The Balaban J connectivity index is 2.00. The summed E-state index contributed by atoms with van der Waals surface area (Å²) in [6, 6.07) is 27.0. The minimum absolute atomic E-state index is 0.0249. The second kappa shape index (κ2) is 7.40. The summed E-state index contributed by atoms with van der Waals surface area (Å²) in [5.41, 5.74) is 1.03. The molecule has 0 aromatic heterocycles. The van der Waals surface area contributed by atoms with Gasteiger partial charge in [-0.05, 0) is 24.6 Å². The van der Waals surface area contributed by atoms with Gasteiger partial charge in [0, 0.05) is 16.7 Å². The molecule has 1 nitrogen and oxygen atoms in total. The number of benzene rings is 3. The van der Waals surface area contributed by atoms with Gasteiger partial charge in [-0.2, -0.15) is 0 Å². The highest BCUT2D eigenvalue weighted by atomic mass is 32.4. The van der Waals surface area contributed by atoms with E-state index in [1.54, 1.807) is 0 Å². The highest BCUT2D eigenvalue weighted by molar-refractivity contribution is 8.20. The van der Waals surface area contributed by atoms with Gasteiger partial charge in [-0.3, -0.25) is 5.09 Å². The van der Waals surface area contributed by atoms with E-state index in [1.165, 1.54) is 12.1 Å². The molecule has 4 heteroatoms. The third kappa shape index (κ3) is 3.64. The van der Waals surface area contributed by atoms with Crippen molar-refractivity contribution >= 4 is 28.6 Å². The molecule has 0 bridgehead atoms. The molecule has 0 saturated carbocycles. The first-order valence-corrected chi connectivity index (χ1v) is 10.6. The molecule has 1 atom stereocenters. The lowest BCUT2D eigenvalue weighted by molar-refractivity contribution is 0.625. The monoisotopic (exact) mass is 355 g/mol. The summed E-state index contributed by atoms with van der Waals surface area (Å²) in [6.45, 7) is 2.07. The highest BCUT2D eigenvalue weighted by Crippen LogP contribution is 2.42. The molecule has 0 saturated heterocycles. The fourth-order valence-electron chi connectivity index (χ4n) is 2.67. The minimum Gasteiger partial charge on any atom is -0.275 e. The largest absolute Gasteiger partial charge is 0.275 e. The van der Waals surface area contributed by atoms with Crippen LogP contribution in [0.3, 0.4) is 0 Å². The molecule has 0 spiro atoms. The van der Waals surface area contributed by atoms with E-state index in [0.717, 1.165) is 16.2 Å². The van der Waals surface area contributed by atoms with Gasteiger partial charge in [-0.1, -0.05) is 84.6 Å². The molecule has 3 aromatic carbocycles. The van der Waals surface area contributed by atoms with Gasteiger partial charge in [-0.25, -0.2) is 4.39 Å². The summed E-state index contributed by atoms with van der Waals surface area (Å²) in [6.07, 6.45) is -2.17. The molecule has 0 heterocycles. The van der Waals surface area contributed by atoms with Crippen LogP contribution in [0.4, 0.5) is 4.39 Å². The topological polar surface area (TPSA) is 12.0 Å². The van der Waals surface area contributed by atoms with Crippen LogP contribution in [0.15, 0.2) is 84.9 Å².